The molecule has 0 fully saturated rings. The standard InChI is InChI=1S/C16H13F4N3O3/c1-8(2)26-12-5-11(10(17)4-9(12)7-21)23-14(24)6-13(16(18,19)20)22(3)15(23)25/h4-6,8H,1-3H3. The lowest BCUT2D eigenvalue weighted by Crippen LogP contribution is -2.41. The van der Waals surface area contributed by atoms with Gasteiger partial charge in [-0.05, 0) is 19.9 Å². The lowest BCUT2D eigenvalue weighted by Gasteiger charge is -2.16. The molecule has 0 N–H and O–H groups in total. The largest absolute Gasteiger partial charge is 0.490 e. The molecule has 138 valence electrons. The lowest BCUT2D eigenvalue weighted by atomic mass is 10.1. The summed E-state index contributed by atoms with van der Waals surface area (Å²) in [6.45, 7) is 3.26. The maximum Gasteiger partial charge on any atom is 0.431 e. The Balaban J connectivity index is 2.82. The first kappa shape index (κ1) is 19.2. The molecule has 0 radical (unpaired) electrons. The van der Waals surface area contributed by atoms with Gasteiger partial charge in [-0.2, -0.15) is 18.4 Å². The van der Waals surface area contributed by atoms with Crippen LogP contribution in [0.25, 0.3) is 5.69 Å². The van der Waals surface area contributed by atoms with Crippen molar-refractivity contribution in [3.8, 4) is 17.5 Å². The van der Waals surface area contributed by atoms with E-state index in [2.05, 4.69) is 0 Å². The van der Waals surface area contributed by atoms with Crippen LogP contribution in [0.3, 0.4) is 0 Å². The molecule has 0 amide bonds. The molecule has 0 aliphatic heterocycles. The molecule has 0 aliphatic rings. The maximum absolute atomic E-state index is 14.3. The van der Waals surface area contributed by atoms with Gasteiger partial charge in [0.25, 0.3) is 5.56 Å². The molecule has 0 saturated heterocycles. The van der Waals surface area contributed by atoms with E-state index in [1.54, 1.807) is 19.9 Å². The predicted molar refractivity (Wildman–Crippen MR) is 82.7 cm³/mol. The molecule has 0 spiro atoms. The molecular formula is C16H13F4N3O3. The number of aromatic nitrogens is 2. The smallest absolute Gasteiger partial charge is 0.431 e. The first-order valence-corrected chi connectivity index (χ1v) is 7.28. The second kappa shape index (κ2) is 6.67. The van der Waals surface area contributed by atoms with Crippen LogP contribution in [0.2, 0.25) is 0 Å². The number of ether oxygens (including phenoxy) is 1. The minimum absolute atomic E-state index is 0.104. The fraction of sp³-hybridized carbons (Fsp3) is 0.312. The SMILES string of the molecule is CC(C)Oc1cc(-n2c(=O)cc(C(F)(F)F)n(C)c2=O)c(F)cc1C#N. The Morgan fingerprint density at radius 3 is 2.31 bits per heavy atom. The molecule has 0 atom stereocenters. The highest BCUT2D eigenvalue weighted by atomic mass is 19.4. The summed E-state index contributed by atoms with van der Waals surface area (Å²) in [7, 11) is 0.814. The molecule has 26 heavy (non-hydrogen) atoms. The summed E-state index contributed by atoms with van der Waals surface area (Å²) in [4.78, 5) is 24.3. The first-order chi connectivity index (χ1) is 12.0. The predicted octanol–water partition coefficient (Wildman–Crippen LogP) is 2.35. The van der Waals surface area contributed by atoms with Gasteiger partial charge in [-0.25, -0.2) is 13.8 Å². The third-order valence-corrected chi connectivity index (χ3v) is 3.38. The molecule has 0 bridgehead atoms. The van der Waals surface area contributed by atoms with Crippen molar-refractivity contribution in [2.24, 2.45) is 7.05 Å². The van der Waals surface area contributed by atoms with Crippen LogP contribution in [0.4, 0.5) is 17.6 Å². The molecule has 2 aromatic rings. The zero-order valence-corrected chi connectivity index (χ0v) is 13.9. The fourth-order valence-corrected chi connectivity index (χ4v) is 2.27. The summed E-state index contributed by atoms with van der Waals surface area (Å²) in [5.41, 5.74) is -5.00. The van der Waals surface area contributed by atoms with Gasteiger partial charge in [0, 0.05) is 19.2 Å². The Kier molecular flexibility index (Phi) is 4.93. The molecule has 0 saturated carbocycles. The Morgan fingerprint density at radius 1 is 1.19 bits per heavy atom. The van der Waals surface area contributed by atoms with E-state index in [4.69, 9.17) is 10.00 Å². The number of halogens is 4. The topological polar surface area (TPSA) is 77.0 Å². The summed E-state index contributed by atoms with van der Waals surface area (Å²) in [5.74, 6) is -1.23. The molecule has 0 unspecified atom stereocenters. The van der Waals surface area contributed by atoms with E-state index >= 15 is 0 Å². The van der Waals surface area contributed by atoms with E-state index in [9.17, 15) is 27.2 Å². The molecule has 1 aromatic carbocycles. The van der Waals surface area contributed by atoms with Crippen LogP contribution in [-0.2, 0) is 13.2 Å². The highest BCUT2D eigenvalue weighted by molar-refractivity contribution is 5.51. The number of alkyl halides is 3. The van der Waals surface area contributed by atoms with Gasteiger partial charge in [0.1, 0.15) is 23.3 Å². The molecule has 2 rings (SSSR count). The average molecular weight is 371 g/mol. The van der Waals surface area contributed by atoms with Crippen LogP contribution < -0.4 is 16.0 Å². The van der Waals surface area contributed by atoms with E-state index < -0.39 is 40.7 Å². The molecular weight excluding hydrogens is 358 g/mol. The fourth-order valence-electron chi connectivity index (χ4n) is 2.27. The maximum atomic E-state index is 14.3. The number of hydrogen-bond donors (Lipinski definition) is 0. The molecule has 1 heterocycles. The van der Waals surface area contributed by atoms with Crippen LogP contribution in [0.1, 0.15) is 25.1 Å². The first-order valence-electron chi connectivity index (χ1n) is 7.28. The summed E-state index contributed by atoms with van der Waals surface area (Å²) in [5, 5.41) is 9.04. The van der Waals surface area contributed by atoms with E-state index in [0.717, 1.165) is 19.2 Å². The highest BCUT2D eigenvalue weighted by Crippen LogP contribution is 2.28. The van der Waals surface area contributed by atoms with Crippen molar-refractivity contribution in [3.05, 3.63) is 56.1 Å². The quantitative estimate of drug-likeness (QED) is 0.776. The van der Waals surface area contributed by atoms with E-state index in [-0.39, 0.29) is 26.5 Å². The van der Waals surface area contributed by atoms with Gasteiger partial charge < -0.3 is 4.74 Å². The Bertz CT molecular complexity index is 1010. The number of hydrogen-bond acceptors (Lipinski definition) is 4. The highest BCUT2D eigenvalue weighted by Gasteiger charge is 2.35. The van der Waals surface area contributed by atoms with Gasteiger partial charge in [-0.1, -0.05) is 0 Å². The summed E-state index contributed by atoms with van der Waals surface area (Å²) >= 11 is 0. The van der Waals surface area contributed by atoms with Gasteiger partial charge in [0.2, 0.25) is 0 Å². The number of rotatable bonds is 3. The zero-order chi connectivity index (χ0) is 19.8. The number of nitriles is 1. The minimum atomic E-state index is -4.93. The molecule has 6 nitrogen and oxygen atoms in total. The van der Waals surface area contributed by atoms with Gasteiger partial charge in [0.05, 0.1) is 17.4 Å². The van der Waals surface area contributed by atoms with Gasteiger partial charge in [-0.3, -0.25) is 9.36 Å². The Labute approximate surface area is 144 Å². The second-order valence-electron chi connectivity index (χ2n) is 5.62. The molecule has 1 aromatic heterocycles. The monoisotopic (exact) mass is 371 g/mol. The minimum Gasteiger partial charge on any atom is -0.490 e. The summed E-state index contributed by atoms with van der Waals surface area (Å²) in [6, 6.07) is 3.58. The Hall–Kier alpha value is -3.09. The van der Waals surface area contributed by atoms with Crippen LogP contribution >= 0.6 is 0 Å². The van der Waals surface area contributed by atoms with Crippen molar-refractivity contribution in [1.29, 1.82) is 5.26 Å². The van der Waals surface area contributed by atoms with E-state index in [0.29, 0.717) is 0 Å². The molecule has 0 aliphatic carbocycles. The normalized spacial score (nSPS) is 11.5. The van der Waals surface area contributed by atoms with E-state index in [1.165, 1.54) is 0 Å². The average Bonchev–Trinajstić information content (AvgIpc) is 2.51. The summed E-state index contributed by atoms with van der Waals surface area (Å²) < 4.78 is 58.8. The van der Waals surface area contributed by atoms with Crippen molar-refractivity contribution >= 4 is 0 Å². The van der Waals surface area contributed by atoms with E-state index in [1.807, 2.05) is 0 Å². The summed E-state index contributed by atoms with van der Waals surface area (Å²) in [6.07, 6.45) is -5.34. The van der Waals surface area contributed by atoms with Crippen molar-refractivity contribution in [2.75, 3.05) is 0 Å². The van der Waals surface area contributed by atoms with Crippen LogP contribution in [-0.4, -0.2) is 15.2 Å². The van der Waals surface area contributed by atoms with Gasteiger partial charge >= 0.3 is 11.9 Å². The Morgan fingerprint density at radius 2 is 1.81 bits per heavy atom. The lowest BCUT2D eigenvalue weighted by molar-refractivity contribution is -0.144. The number of nitrogens with zero attached hydrogens (tertiary/aromatic N) is 3. The molecule has 10 heteroatoms. The zero-order valence-electron chi connectivity index (χ0n) is 13.9. The second-order valence-corrected chi connectivity index (χ2v) is 5.62. The van der Waals surface area contributed by atoms with Crippen LogP contribution in [0, 0.1) is 17.1 Å². The van der Waals surface area contributed by atoms with Crippen LogP contribution in [0.5, 0.6) is 5.75 Å². The van der Waals surface area contributed by atoms with Crippen molar-refractivity contribution < 1.29 is 22.3 Å². The van der Waals surface area contributed by atoms with Crippen molar-refractivity contribution in [1.82, 2.24) is 9.13 Å². The number of benzene rings is 1. The van der Waals surface area contributed by atoms with Crippen molar-refractivity contribution in [3.63, 3.8) is 0 Å². The van der Waals surface area contributed by atoms with Gasteiger partial charge in [-0.15, -0.1) is 0 Å². The third kappa shape index (κ3) is 3.46. The van der Waals surface area contributed by atoms with Crippen molar-refractivity contribution in [2.45, 2.75) is 26.1 Å². The van der Waals surface area contributed by atoms with Gasteiger partial charge in [0.15, 0.2) is 0 Å². The van der Waals surface area contributed by atoms with Crippen LogP contribution in [0.15, 0.2) is 27.8 Å². The third-order valence-electron chi connectivity index (χ3n) is 3.38.